The summed E-state index contributed by atoms with van der Waals surface area (Å²) in [5.74, 6) is 0.602. The van der Waals surface area contributed by atoms with Crippen molar-refractivity contribution in [2.75, 3.05) is 26.2 Å². The molecule has 0 spiro atoms. The Morgan fingerprint density at radius 1 is 1.28 bits per heavy atom. The maximum Gasteiger partial charge on any atom is 0.279 e. The highest BCUT2D eigenvalue weighted by atomic mass is 32.2. The third-order valence-corrected chi connectivity index (χ3v) is 4.88. The van der Waals surface area contributed by atoms with E-state index in [0.29, 0.717) is 31.6 Å². The highest BCUT2D eigenvalue weighted by molar-refractivity contribution is 7.87. The summed E-state index contributed by atoms with van der Waals surface area (Å²) in [6.45, 7) is 9.03. The molecule has 2 N–H and O–H groups in total. The fourth-order valence-electron chi connectivity index (χ4n) is 2.08. The fourth-order valence-corrected chi connectivity index (χ4v) is 3.41. The van der Waals surface area contributed by atoms with Crippen LogP contribution >= 0.6 is 0 Å². The van der Waals surface area contributed by atoms with Crippen LogP contribution in [-0.4, -0.2) is 44.9 Å². The lowest BCUT2D eigenvalue weighted by molar-refractivity contribution is 0.261. The maximum absolute atomic E-state index is 11.9. The minimum atomic E-state index is -3.24. The first-order chi connectivity index (χ1) is 8.45. The summed E-state index contributed by atoms with van der Waals surface area (Å²) in [5.41, 5.74) is 0. The van der Waals surface area contributed by atoms with Crippen LogP contribution in [0.25, 0.3) is 0 Å². The molecule has 1 aliphatic rings. The Balaban J connectivity index is 2.34. The Hall–Kier alpha value is -0.170. The van der Waals surface area contributed by atoms with E-state index in [0.717, 1.165) is 25.8 Å². The molecule has 0 aromatic rings. The van der Waals surface area contributed by atoms with Crippen molar-refractivity contribution in [2.24, 2.45) is 5.92 Å². The van der Waals surface area contributed by atoms with Gasteiger partial charge in [0.15, 0.2) is 0 Å². The Kier molecular flexibility index (Phi) is 6.55. The molecule has 1 saturated heterocycles. The molecule has 0 unspecified atom stereocenters. The first-order valence-corrected chi connectivity index (χ1v) is 8.37. The van der Waals surface area contributed by atoms with E-state index in [-0.39, 0.29) is 0 Å². The molecule has 0 radical (unpaired) electrons. The minimum absolute atomic E-state index is 0.498. The van der Waals surface area contributed by atoms with Gasteiger partial charge in [-0.3, -0.25) is 0 Å². The van der Waals surface area contributed by atoms with Gasteiger partial charge in [-0.1, -0.05) is 20.8 Å². The Morgan fingerprint density at radius 2 is 1.89 bits per heavy atom. The van der Waals surface area contributed by atoms with Crippen molar-refractivity contribution in [3.8, 4) is 0 Å². The van der Waals surface area contributed by atoms with Crippen molar-refractivity contribution in [3.63, 3.8) is 0 Å². The number of nitrogens with one attached hydrogen (secondary N) is 2. The second kappa shape index (κ2) is 7.43. The van der Waals surface area contributed by atoms with Gasteiger partial charge < -0.3 is 5.32 Å². The normalized spacial score (nSPS) is 19.6. The SMILES string of the molecule is CCCNS(=O)(=O)N1CCC(CNC(C)C)CC1. The Morgan fingerprint density at radius 3 is 2.39 bits per heavy atom. The summed E-state index contributed by atoms with van der Waals surface area (Å²) < 4.78 is 28.0. The van der Waals surface area contributed by atoms with Crippen LogP contribution in [-0.2, 0) is 10.2 Å². The monoisotopic (exact) mass is 277 g/mol. The number of hydrogen-bond acceptors (Lipinski definition) is 3. The standard InChI is InChI=1S/C12H27N3O2S/c1-4-7-14-18(16,17)15-8-5-12(6-9-15)10-13-11(2)3/h11-14H,4-10H2,1-3H3. The van der Waals surface area contributed by atoms with E-state index in [9.17, 15) is 8.42 Å². The van der Waals surface area contributed by atoms with Gasteiger partial charge in [0, 0.05) is 25.7 Å². The first kappa shape index (κ1) is 15.9. The summed E-state index contributed by atoms with van der Waals surface area (Å²) in [5, 5.41) is 3.42. The molecule has 0 amide bonds. The summed E-state index contributed by atoms with van der Waals surface area (Å²) in [6.07, 6.45) is 2.73. The molecule has 18 heavy (non-hydrogen) atoms. The van der Waals surface area contributed by atoms with Gasteiger partial charge in [-0.15, -0.1) is 0 Å². The molecule has 0 bridgehead atoms. The molecule has 1 aliphatic heterocycles. The molecule has 0 aromatic carbocycles. The first-order valence-electron chi connectivity index (χ1n) is 6.93. The second-order valence-corrected chi connectivity index (χ2v) is 7.06. The smallest absolute Gasteiger partial charge is 0.279 e. The molecule has 108 valence electrons. The maximum atomic E-state index is 11.9. The van der Waals surface area contributed by atoms with Crippen LogP contribution in [0.1, 0.15) is 40.0 Å². The summed E-state index contributed by atoms with van der Waals surface area (Å²) in [6, 6.07) is 0.498. The van der Waals surface area contributed by atoms with Gasteiger partial charge in [-0.2, -0.15) is 12.7 Å². The molecule has 5 nitrogen and oxygen atoms in total. The van der Waals surface area contributed by atoms with E-state index in [2.05, 4.69) is 23.9 Å². The highest BCUT2D eigenvalue weighted by Crippen LogP contribution is 2.18. The zero-order valence-corrected chi connectivity index (χ0v) is 12.6. The van der Waals surface area contributed by atoms with Crippen molar-refractivity contribution in [1.82, 2.24) is 14.3 Å². The van der Waals surface area contributed by atoms with Gasteiger partial charge in [-0.05, 0) is 31.7 Å². The second-order valence-electron chi connectivity index (χ2n) is 5.30. The van der Waals surface area contributed by atoms with Crippen molar-refractivity contribution in [1.29, 1.82) is 0 Å². The molecule has 0 aromatic heterocycles. The van der Waals surface area contributed by atoms with Gasteiger partial charge in [0.1, 0.15) is 0 Å². The van der Waals surface area contributed by atoms with Crippen LogP contribution < -0.4 is 10.0 Å². The van der Waals surface area contributed by atoms with Crippen LogP contribution in [0.3, 0.4) is 0 Å². The predicted octanol–water partition coefficient (Wildman–Crippen LogP) is 0.941. The average molecular weight is 277 g/mol. The fraction of sp³-hybridized carbons (Fsp3) is 1.00. The minimum Gasteiger partial charge on any atom is -0.314 e. The van der Waals surface area contributed by atoms with Crippen LogP contribution in [0.5, 0.6) is 0 Å². The van der Waals surface area contributed by atoms with Crippen LogP contribution in [0.2, 0.25) is 0 Å². The summed E-state index contributed by atoms with van der Waals surface area (Å²) >= 11 is 0. The number of piperidine rings is 1. The predicted molar refractivity (Wildman–Crippen MR) is 74.6 cm³/mol. The lowest BCUT2D eigenvalue weighted by Crippen LogP contribution is -2.46. The molecule has 0 aliphatic carbocycles. The molecule has 0 atom stereocenters. The van der Waals surface area contributed by atoms with Gasteiger partial charge in [0.2, 0.25) is 0 Å². The molecular weight excluding hydrogens is 250 g/mol. The molecular formula is C12H27N3O2S. The van der Waals surface area contributed by atoms with Crippen LogP contribution in [0.4, 0.5) is 0 Å². The van der Waals surface area contributed by atoms with E-state index in [1.165, 1.54) is 0 Å². The van der Waals surface area contributed by atoms with Crippen molar-refractivity contribution in [2.45, 2.75) is 46.1 Å². The van der Waals surface area contributed by atoms with E-state index >= 15 is 0 Å². The van der Waals surface area contributed by atoms with Crippen molar-refractivity contribution >= 4 is 10.2 Å². The van der Waals surface area contributed by atoms with E-state index in [1.54, 1.807) is 4.31 Å². The quantitative estimate of drug-likeness (QED) is 0.728. The van der Waals surface area contributed by atoms with Crippen LogP contribution in [0, 0.1) is 5.92 Å². The van der Waals surface area contributed by atoms with E-state index in [1.807, 2.05) is 6.92 Å². The van der Waals surface area contributed by atoms with Crippen molar-refractivity contribution in [3.05, 3.63) is 0 Å². The molecule has 1 fully saturated rings. The Bertz CT molecular complexity index is 322. The van der Waals surface area contributed by atoms with Gasteiger partial charge in [-0.25, -0.2) is 4.72 Å². The molecule has 1 heterocycles. The zero-order chi connectivity index (χ0) is 13.6. The number of nitrogens with zero attached hydrogens (tertiary/aromatic N) is 1. The average Bonchev–Trinajstić information content (AvgIpc) is 2.34. The zero-order valence-electron chi connectivity index (χ0n) is 11.8. The third kappa shape index (κ3) is 5.22. The van der Waals surface area contributed by atoms with Gasteiger partial charge >= 0.3 is 0 Å². The Labute approximate surface area is 112 Å². The lowest BCUT2D eigenvalue weighted by Gasteiger charge is -2.31. The topological polar surface area (TPSA) is 61.4 Å². The van der Waals surface area contributed by atoms with Gasteiger partial charge in [0.05, 0.1) is 0 Å². The molecule has 1 rings (SSSR count). The molecule has 6 heteroatoms. The van der Waals surface area contributed by atoms with E-state index < -0.39 is 10.2 Å². The third-order valence-electron chi connectivity index (χ3n) is 3.26. The largest absolute Gasteiger partial charge is 0.314 e. The lowest BCUT2D eigenvalue weighted by atomic mass is 9.98. The number of rotatable bonds is 7. The highest BCUT2D eigenvalue weighted by Gasteiger charge is 2.27. The van der Waals surface area contributed by atoms with E-state index in [4.69, 9.17) is 0 Å². The van der Waals surface area contributed by atoms with Crippen molar-refractivity contribution < 1.29 is 8.42 Å². The van der Waals surface area contributed by atoms with Gasteiger partial charge in [0.25, 0.3) is 10.2 Å². The molecule has 0 saturated carbocycles. The number of hydrogen-bond donors (Lipinski definition) is 2. The summed E-state index contributed by atoms with van der Waals surface area (Å²) in [4.78, 5) is 0. The van der Waals surface area contributed by atoms with Crippen LogP contribution in [0.15, 0.2) is 0 Å². The summed E-state index contributed by atoms with van der Waals surface area (Å²) in [7, 11) is -3.24.